The first-order valence-corrected chi connectivity index (χ1v) is 7.57. The molecule has 1 amide bonds. The summed E-state index contributed by atoms with van der Waals surface area (Å²) in [6.07, 6.45) is 0.229. The fourth-order valence-electron chi connectivity index (χ4n) is 2.58. The van der Waals surface area contributed by atoms with Crippen molar-refractivity contribution >= 4 is 33.3 Å². The minimum absolute atomic E-state index is 0.0490. The number of amides is 1. The van der Waals surface area contributed by atoms with Crippen LogP contribution in [0.3, 0.4) is 0 Å². The van der Waals surface area contributed by atoms with Gasteiger partial charge in [0.1, 0.15) is 5.82 Å². The van der Waals surface area contributed by atoms with Crippen LogP contribution in [0.4, 0.5) is 4.39 Å². The Morgan fingerprint density at radius 1 is 1.45 bits per heavy atom. The number of carboxylic acid groups (broad SMARTS) is 1. The van der Waals surface area contributed by atoms with Gasteiger partial charge in [-0.3, -0.25) is 4.79 Å². The Morgan fingerprint density at radius 2 is 2.23 bits per heavy atom. The van der Waals surface area contributed by atoms with Crippen molar-refractivity contribution in [3.63, 3.8) is 0 Å². The first-order valence-electron chi connectivity index (χ1n) is 6.75. The minimum atomic E-state index is -1.38. The Bertz CT molecular complexity index is 764. The summed E-state index contributed by atoms with van der Waals surface area (Å²) >= 11 is 1.15. The summed E-state index contributed by atoms with van der Waals surface area (Å²) in [6, 6.07) is 4.33. The summed E-state index contributed by atoms with van der Waals surface area (Å²) in [6.45, 7) is 2.01. The van der Waals surface area contributed by atoms with E-state index in [9.17, 15) is 19.1 Å². The molecule has 1 unspecified atom stereocenters. The lowest BCUT2D eigenvalue weighted by molar-refractivity contribution is -0.144. The molecule has 0 bridgehead atoms. The van der Waals surface area contributed by atoms with Gasteiger partial charge in [0.15, 0.2) is 5.54 Å². The first-order chi connectivity index (χ1) is 10.4. The van der Waals surface area contributed by atoms with Crippen molar-refractivity contribution in [2.75, 3.05) is 13.2 Å². The SMILES string of the molecule is Cc1c(C(=O)NC2(C(=O)O)CCOC2)sc2cc(F)ccc12. The van der Waals surface area contributed by atoms with Crippen molar-refractivity contribution in [3.8, 4) is 0 Å². The second-order valence-electron chi connectivity index (χ2n) is 5.34. The van der Waals surface area contributed by atoms with Crippen LogP contribution < -0.4 is 5.32 Å². The highest BCUT2D eigenvalue weighted by atomic mass is 32.1. The molecule has 1 fully saturated rings. The van der Waals surface area contributed by atoms with E-state index in [1.807, 2.05) is 0 Å². The number of aliphatic carboxylic acids is 1. The minimum Gasteiger partial charge on any atom is -0.479 e. The molecule has 1 aliphatic heterocycles. The number of hydrogen-bond donors (Lipinski definition) is 2. The van der Waals surface area contributed by atoms with Gasteiger partial charge in [0.05, 0.1) is 11.5 Å². The molecule has 2 heterocycles. The van der Waals surface area contributed by atoms with E-state index in [1.165, 1.54) is 12.1 Å². The molecule has 0 aliphatic carbocycles. The maximum atomic E-state index is 13.3. The zero-order valence-electron chi connectivity index (χ0n) is 11.8. The number of aryl methyl sites for hydroxylation is 1. The molecule has 7 heteroatoms. The van der Waals surface area contributed by atoms with Crippen LogP contribution in [-0.2, 0) is 9.53 Å². The molecule has 0 radical (unpaired) electrons. The Balaban J connectivity index is 1.95. The van der Waals surface area contributed by atoms with Crippen molar-refractivity contribution in [1.82, 2.24) is 5.32 Å². The summed E-state index contributed by atoms with van der Waals surface area (Å²) in [7, 11) is 0. The first kappa shape index (κ1) is 14.9. The predicted molar refractivity (Wildman–Crippen MR) is 79.8 cm³/mol. The molecule has 1 aromatic heterocycles. The Hall–Kier alpha value is -1.99. The van der Waals surface area contributed by atoms with E-state index < -0.39 is 17.4 Å². The molecular formula is C15H14FNO4S. The number of carboxylic acids is 1. The highest BCUT2D eigenvalue weighted by molar-refractivity contribution is 7.21. The highest BCUT2D eigenvalue weighted by Crippen LogP contribution is 2.32. The molecule has 1 aliphatic rings. The molecule has 1 saturated heterocycles. The van der Waals surface area contributed by atoms with E-state index in [1.54, 1.807) is 13.0 Å². The molecule has 5 nitrogen and oxygen atoms in total. The fraction of sp³-hybridized carbons (Fsp3) is 0.333. The average Bonchev–Trinajstić information content (AvgIpc) is 3.05. The van der Waals surface area contributed by atoms with Gasteiger partial charge >= 0.3 is 5.97 Å². The summed E-state index contributed by atoms with van der Waals surface area (Å²) in [5.41, 5.74) is -0.665. The van der Waals surface area contributed by atoms with Gasteiger partial charge in [0, 0.05) is 17.7 Å². The van der Waals surface area contributed by atoms with Gasteiger partial charge in [-0.25, -0.2) is 9.18 Å². The van der Waals surface area contributed by atoms with E-state index in [-0.39, 0.29) is 18.8 Å². The van der Waals surface area contributed by atoms with Gasteiger partial charge in [0.25, 0.3) is 5.91 Å². The zero-order chi connectivity index (χ0) is 15.9. The maximum Gasteiger partial charge on any atom is 0.331 e. The van der Waals surface area contributed by atoms with Crippen LogP contribution in [0.5, 0.6) is 0 Å². The molecular weight excluding hydrogens is 309 g/mol. The third-order valence-electron chi connectivity index (χ3n) is 3.89. The largest absolute Gasteiger partial charge is 0.479 e. The van der Waals surface area contributed by atoms with E-state index in [4.69, 9.17) is 4.74 Å². The molecule has 3 rings (SSSR count). The Morgan fingerprint density at radius 3 is 2.86 bits per heavy atom. The van der Waals surface area contributed by atoms with Gasteiger partial charge in [-0.05, 0) is 30.0 Å². The lowest BCUT2D eigenvalue weighted by atomic mass is 9.98. The Kier molecular flexibility index (Phi) is 3.62. The molecule has 22 heavy (non-hydrogen) atoms. The molecule has 0 spiro atoms. The number of fused-ring (bicyclic) bond motifs is 1. The summed E-state index contributed by atoms with van der Waals surface area (Å²) in [5.74, 6) is -1.94. The van der Waals surface area contributed by atoms with Crippen LogP contribution in [-0.4, -0.2) is 35.7 Å². The van der Waals surface area contributed by atoms with Crippen molar-refractivity contribution in [1.29, 1.82) is 0 Å². The normalized spacial score (nSPS) is 21.2. The number of carbonyl (C=O) groups is 2. The zero-order valence-corrected chi connectivity index (χ0v) is 12.6. The molecule has 2 N–H and O–H groups in total. The van der Waals surface area contributed by atoms with Crippen LogP contribution in [0, 0.1) is 12.7 Å². The third kappa shape index (κ3) is 2.36. The van der Waals surface area contributed by atoms with Crippen molar-refractivity contribution < 1.29 is 23.8 Å². The van der Waals surface area contributed by atoms with Crippen LogP contribution in [0.25, 0.3) is 10.1 Å². The molecule has 1 atom stereocenters. The fourth-order valence-corrected chi connectivity index (χ4v) is 3.70. The molecule has 116 valence electrons. The molecule has 1 aromatic carbocycles. The standard InChI is InChI=1S/C15H14FNO4S/c1-8-10-3-2-9(16)6-11(10)22-12(8)13(18)17-15(14(19)20)4-5-21-7-15/h2-3,6H,4-5,7H2,1H3,(H,17,18)(H,19,20). The summed E-state index contributed by atoms with van der Waals surface area (Å²) in [5, 5.41) is 12.7. The lowest BCUT2D eigenvalue weighted by Crippen LogP contribution is -2.55. The van der Waals surface area contributed by atoms with E-state index >= 15 is 0 Å². The van der Waals surface area contributed by atoms with E-state index in [0.29, 0.717) is 16.2 Å². The summed E-state index contributed by atoms with van der Waals surface area (Å²) < 4.78 is 19.1. The smallest absolute Gasteiger partial charge is 0.331 e. The van der Waals surface area contributed by atoms with Crippen LogP contribution in [0.1, 0.15) is 21.7 Å². The van der Waals surface area contributed by atoms with Crippen LogP contribution >= 0.6 is 11.3 Å². The van der Waals surface area contributed by atoms with Gasteiger partial charge < -0.3 is 15.2 Å². The van der Waals surface area contributed by atoms with E-state index in [0.717, 1.165) is 22.3 Å². The number of hydrogen-bond acceptors (Lipinski definition) is 4. The quantitative estimate of drug-likeness (QED) is 0.909. The number of ether oxygens (including phenoxy) is 1. The van der Waals surface area contributed by atoms with Gasteiger partial charge in [0.2, 0.25) is 0 Å². The third-order valence-corrected chi connectivity index (χ3v) is 5.14. The number of thiophene rings is 1. The second-order valence-corrected chi connectivity index (χ2v) is 6.39. The van der Waals surface area contributed by atoms with Gasteiger partial charge in [-0.1, -0.05) is 6.07 Å². The molecule has 2 aromatic rings. The second kappa shape index (κ2) is 5.33. The van der Waals surface area contributed by atoms with Crippen molar-refractivity contribution in [3.05, 3.63) is 34.5 Å². The number of benzene rings is 1. The van der Waals surface area contributed by atoms with Crippen molar-refractivity contribution in [2.45, 2.75) is 18.9 Å². The topological polar surface area (TPSA) is 75.6 Å². The number of rotatable bonds is 3. The van der Waals surface area contributed by atoms with Crippen LogP contribution in [0.15, 0.2) is 18.2 Å². The summed E-state index contributed by atoms with van der Waals surface area (Å²) in [4.78, 5) is 24.3. The maximum absolute atomic E-state index is 13.3. The van der Waals surface area contributed by atoms with Gasteiger partial charge in [-0.15, -0.1) is 11.3 Å². The van der Waals surface area contributed by atoms with Gasteiger partial charge in [-0.2, -0.15) is 0 Å². The Labute approximate surface area is 129 Å². The predicted octanol–water partition coefficient (Wildman–Crippen LogP) is 2.32. The lowest BCUT2D eigenvalue weighted by Gasteiger charge is -2.23. The van der Waals surface area contributed by atoms with Crippen molar-refractivity contribution in [2.24, 2.45) is 0 Å². The number of carbonyl (C=O) groups excluding carboxylic acids is 1. The van der Waals surface area contributed by atoms with E-state index in [2.05, 4.69) is 5.32 Å². The number of nitrogens with one attached hydrogen (secondary N) is 1. The van der Waals surface area contributed by atoms with Crippen LogP contribution in [0.2, 0.25) is 0 Å². The average molecular weight is 323 g/mol. The highest BCUT2D eigenvalue weighted by Gasteiger charge is 2.44. The monoisotopic (exact) mass is 323 g/mol. The number of halogens is 1. The molecule has 0 saturated carbocycles.